The molecule has 8 heteroatoms. The van der Waals surface area contributed by atoms with Crippen LogP contribution in [0.4, 0.5) is 5.69 Å². The van der Waals surface area contributed by atoms with E-state index < -0.39 is 9.84 Å². The van der Waals surface area contributed by atoms with Crippen molar-refractivity contribution in [3.05, 3.63) is 46.4 Å². The van der Waals surface area contributed by atoms with Gasteiger partial charge in [-0.3, -0.25) is 0 Å². The zero-order chi connectivity index (χ0) is 19.9. The molecule has 28 heavy (non-hydrogen) atoms. The number of H-pyrrole nitrogens is 1. The first kappa shape index (κ1) is 19.3. The maximum absolute atomic E-state index is 13.4. The second-order valence-corrected chi connectivity index (χ2v) is 9.65. The highest BCUT2D eigenvalue weighted by Crippen LogP contribution is 2.35. The number of aryl methyl sites for hydroxylation is 1. The van der Waals surface area contributed by atoms with Crippen LogP contribution in [0.2, 0.25) is 0 Å². The lowest BCUT2D eigenvalue weighted by molar-refractivity contribution is 0.412. The molecule has 0 unspecified atom stereocenters. The van der Waals surface area contributed by atoms with Crippen molar-refractivity contribution in [2.24, 2.45) is 0 Å². The maximum atomic E-state index is 13.4. The lowest BCUT2D eigenvalue weighted by Crippen LogP contribution is -2.43. The van der Waals surface area contributed by atoms with Crippen LogP contribution in [0.5, 0.6) is 5.75 Å². The molecule has 1 fully saturated rings. The van der Waals surface area contributed by atoms with Gasteiger partial charge in [-0.05, 0) is 48.9 Å². The Hall–Kier alpha value is -2.03. The van der Waals surface area contributed by atoms with E-state index in [1.165, 1.54) is 0 Å². The predicted molar refractivity (Wildman–Crippen MR) is 114 cm³/mol. The Bertz CT molecular complexity index is 1140. The molecule has 2 aromatic carbocycles. The van der Waals surface area contributed by atoms with Gasteiger partial charge < -0.3 is 19.9 Å². The fraction of sp³-hybridized carbons (Fsp3) is 0.300. The second kappa shape index (κ2) is 7.42. The molecule has 0 atom stereocenters. The van der Waals surface area contributed by atoms with E-state index in [1.807, 2.05) is 25.1 Å². The highest BCUT2D eigenvalue weighted by molar-refractivity contribution is 9.10. The van der Waals surface area contributed by atoms with Gasteiger partial charge in [0.1, 0.15) is 10.8 Å². The second-order valence-electron chi connectivity index (χ2n) is 6.84. The Labute approximate surface area is 172 Å². The third-order valence-corrected chi connectivity index (χ3v) is 7.47. The Balaban J connectivity index is 1.82. The summed E-state index contributed by atoms with van der Waals surface area (Å²) in [6.07, 6.45) is 0. The van der Waals surface area contributed by atoms with Crippen molar-refractivity contribution in [2.45, 2.75) is 16.8 Å². The number of aromatic amines is 1. The van der Waals surface area contributed by atoms with Crippen molar-refractivity contribution in [3.8, 4) is 5.75 Å². The molecule has 0 saturated carbocycles. The van der Waals surface area contributed by atoms with Crippen molar-refractivity contribution >= 4 is 42.4 Å². The molecule has 0 spiro atoms. The summed E-state index contributed by atoms with van der Waals surface area (Å²) in [5, 5.41) is 4.44. The zero-order valence-corrected chi connectivity index (χ0v) is 18.2. The van der Waals surface area contributed by atoms with Gasteiger partial charge in [0.15, 0.2) is 0 Å². The first-order valence-electron chi connectivity index (χ1n) is 9.08. The number of aromatic nitrogens is 1. The lowest BCUT2D eigenvalue weighted by Gasteiger charge is -2.30. The monoisotopic (exact) mass is 463 g/mol. The number of halogens is 1. The van der Waals surface area contributed by atoms with Crippen LogP contribution in [-0.4, -0.2) is 46.7 Å². The van der Waals surface area contributed by atoms with E-state index in [0.717, 1.165) is 52.8 Å². The van der Waals surface area contributed by atoms with E-state index in [2.05, 4.69) is 31.1 Å². The zero-order valence-electron chi connectivity index (χ0n) is 15.8. The van der Waals surface area contributed by atoms with E-state index in [4.69, 9.17) is 4.74 Å². The van der Waals surface area contributed by atoms with E-state index in [9.17, 15) is 8.42 Å². The Kier molecular flexibility index (Phi) is 5.11. The van der Waals surface area contributed by atoms with Gasteiger partial charge in [-0.15, -0.1) is 0 Å². The number of nitrogens with one attached hydrogen (secondary N) is 2. The third kappa shape index (κ3) is 3.29. The average molecular weight is 464 g/mol. The number of fused-ring (bicyclic) bond motifs is 1. The normalized spacial score (nSPS) is 15.2. The molecule has 0 bridgehead atoms. The van der Waals surface area contributed by atoms with Gasteiger partial charge in [-0.2, -0.15) is 0 Å². The number of piperazine rings is 1. The molecule has 0 aliphatic carbocycles. The van der Waals surface area contributed by atoms with Crippen molar-refractivity contribution in [1.82, 2.24) is 10.3 Å². The minimum atomic E-state index is -3.70. The number of hydrogen-bond acceptors (Lipinski definition) is 5. The standard InChI is InChI=1S/C20H22BrN3O3S/c1-13-16-11-14(21)3-5-17(16)23-20(13)28(25,26)15-4-6-19(27-2)18(12-15)24-9-7-22-8-10-24/h3-6,11-12,22-23H,7-10H2,1-2H3. The third-order valence-electron chi connectivity index (χ3n) is 5.16. The van der Waals surface area contributed by atoms with Gasteiger partial charge in [-0.25, -0.2) is 8.42 Å². The number of methoxy groups -OCH3 is 1. The van der Waals surface area contributed by atoms with E-state index in [0.29, 0.717) is 5.75 Å². The Morgan fingerprint density at radius 1 is 1.11 bits per heavy atom. The van der Waals surface area contributed by atoms with Gasteiger partial charge >= 0.3 is 0 Å². The molecule has 4 rings (SSSR count). The minimum Gasteiger partial charge on any atom is -0.495 e. The topological polar surface area (TPSA) is 74.4 Å². The molecule has 148 valence electrons. The fourth-order valence-corrected chi connectivity index (χ4v) is 5.52. The molecule has 1 aromatic heterocycles. The lowest BCUT2D eigenvalue weighted by atomic mass is 10.2. The number of sulfone groups is 1. The van der Waals surface area contributed by atoms with Crippen LogP contribution in [0.1, 0.15) is 5.56 Å². The predicted octanol–water partition coefficient (Wildman–Crippen LogP) is 3.49. The van der Waals surface area contributed by atoms with Crippen LogP contribution >= 0.6 is 15.9 Å². The largest absolute Gasteiger partial charge is 0.495 e. The Morgan fingerprint density at radius 3 is 2.57 bits per heavy atom. The highest BCUT2D eigenvalue weighted by atomic mass is 79.9. The van der Waals surface area contributed by atoms with Crippen molar-refractivity contribution in [2.75, 3.05) is 38.2 Å². The SMILES string of the molecule is COc1ccc(S(=O)(=O)c2[nH]c3ccc(Br)cc3c2C)cc1N1CCNCC1. The fourth-order valence-electron chi connectivity index (χ4n) is 3.65. The summed E-state index contributed by atoms with van der Waals surface area (Å²) in [7, 11) is -2.09. The number of anilines is 1. The minimum absolute atomic E-state index is 0.233. The molecule has 6 nitrogen and oxygen atoms in total. The quantitative estimate of drug-likeness (QED) is 0.619. The molecule has 2 N–H and O–H groups in total. The molecule has 1 saturated heterocycles. The number of hydrogen-bond donors (Lipinski definition) is 2. The summed E-state index contributed by atoms with van der Waals surface area (Å²) in [5.74, 6) is 0.679. The molecular weight excluding hydrogens is 442 g/mol. The Morgan fingerprint density at radius 2 is 1.86 bits per heavy atom. The van der Waals surface area contributed by atoms with Crippen molar-refractivity contribution < 1.29 is 13.2 Å². The number of benzene rings is 2. The summed E-state index contributed by atoms with van der Waals surface area (Å²) < 4.78 is 33.3. The van der Waals surface area contributed by atoms with Crippen molar-refractivity contribution in [1.29, 1.82) is 0 Å². The van der Waals surface area contributed by atoms with Gasteiger partial charge in [0.2, 0.25) is 9.84 Å². The first-order chi connectivity index (χ1) is 13.4. The van der Waals surface area contributed by atoms with E-state index in [1.54, 1.807) is 25.3 Å². The van der Waals surface area contributed by atoms with Crippen LogP contribution < -0.4 is 15.0 Å². The van der Waals surface area contributed by atoms with Crippen LogP contribution in [0.25, 0.3) is 10.9 Å². The number of rotatable bonds is 4. The number of ether oxygens (including phenoxy) is 1. The van der Waals surface area contributed by atoms with Gasteiger partial charge in [0.05, 0.1) is 17.7 Å². The molecular formula is C20H22BrN3O3S. The average Bonchev–Trinajstić information content (AvgIpc) is 3.05. The summed E-state index contributed by atoms with van der Waals surface area (Å²) in [5.41, 5.74) is 2.33. The summed E-state index contributed by atoms with van der Waals surface area (Å²) >= 11 is 3.45. The first-order valence-corrected chi connectivity index (χ1v) is 11.4. The van der Waals surface area contributed by atoms with Gasteiger partial charge in [0, 0.05) is 41.6 Å². The van der Waals surface area contributed by atoms with E-state index >= 15 is 0 Å². The smallest absolute Gasteiger partial charge is 0.222 e. The molecule has 0 amide bonds. The van der Waals surface area contributed by atoms with Crippen LogP contribution in [0.3, 0.4) is 0 Å². The van der Waals surface area contributed by atoms with Crippen LogP contribution in [0, 0.1) is 6.92 Å². The molecule has 1 aliphatic heterocycles. The summed E-state index contributed by atoms with van der Waals surface area (Å²) in [4.78, 5) is 5.51. The molecule has 0 radical (unpaired) electrons. The van der Waals surface area contributed by atoms with E-state index in [-0.39, 0.29) is 9.92 Å². The maximum Gasteiger partial charge on any atom is 0.222 e. The molecule has 1 aliphatic rings. The van der Waals surface area contributed by atoms with Crippen LogP contribution in [-0.2, 0) is 9.84 Å². The van der Waals surface area contributed by atoms with Crippen LogP contribution in [0.15, 0.2) is 50.8 Å². The van der Waals surface area contributed by atoms with Crippen molar-refractivity contribution in [3.63, 3.8) is 0 Å². The highest BCUT2D eigenvalue weighted by Gasteiger charge is 2.26. The molecule has 2 heterocycles. The summed E-state index contributed by atoms with van der Waals surface area (Å²) in [6.45, 7) is 5.16. The number of nitrogens with zero attached hydrogens (tertiary/aromatic N) is 1. The molecule has 3 aromatic rings. The summed E-state index contributed by atoms with van der Waals surface area (Å²) in [6, 6.07) is 10.8. The van der Waals surface area contributed by atoms with Gasteiger partial charge in [-0.1, -0.05) is 15.9 Å². The van der Waals surface area contributed by atoms with Gasteiger partial charge in [0.25, 0.3) is 0 Å².